The standard InChI is InChI=1S/C17H20N2O2/c1-13(20)19-12-15(14-8-4-5-9-16(14)19)17(21)18-10-6-2-3-7-11-18/h4-5,8-9,12H,2-3,6-7,10-11H2,1H3. The number of rotatable bonds is 1. The third-order valence-corrected chi connectivity index (χ3v) is 4.17. The summed E-state index contributed by atoms with van der Waals surface area (Å²) in [5.41, 5.74) is 1.45. The predicted octanol–water partition coefficient (Wildman–Crippen LogP) is 3.32. The minimum absolute atomic E-state index is 0.0492. The molecule has 0 spiro atoms. The molecule has 0 unspecified atom stereocenters. The molecule has 110 valence electrons. The lowest BCUT2D eigenvalue weighted by Crippen LogP contribution is -2.31. The van der Waals surface area contributed by atoms with Gasteiger partial charge in [0.05, 0.1) is 11.1 Å². The van der Waals surface area contributed by atoms with Crippen molar-refractivity contribution in [2.45, 2.75) is 32.6 Å². The Hall–Kier alpha value is -2.10. The van der Waals surface area contributed by atoms with Crippen LogP contribution in [0.3, 0.4) is 0 Å². The molecule has 1 fully saturated rings. The van der Waals surface area contributed by atoms with E-state index in [9.17, 15) is 9.59 Å². The zero-order valence-corrected chi connectivity index (χ0v) is 12.3. The van der Waals surface area contributed by atoms with Crippen LogP contribution in [0.25, 0.3) is 10.9 Å². The molecule has 4 heteroatoms. The highest BCUT2D eigenvalue weighted by molar-refractivity contribution is 6.09. The lowest BCUT2D eigenvalue weighted by atomic mass is 10.1. The zero-order valence-electron chi connectivity index (χ0n) is 12.3. The number of para-hydroxylation sites is 1. The Morgan fingerprint density at radius 3 is 2.33 bits per heavy atom. The van der Waals surface area contributed by atoms with Crippen molar-refractivity contribution in [2.24, 2.45) is 0 Å². The summed E-state index contributed by atoms with van der Waals surface area (Å²) in [6.07, 6.45) is 6.21. The van der Waals surface area contributed by atoms with E-state index in [1.54, 1.807) is 10.8 Å². The zero-order chi connectivity index (χ0) is 14.8. The topological polar surface area (TPSA) is 42.3 Å². The van der Waals surface area contributed by atoms with Gasteiger partial charge < -0.3 is 4.90 Å². The van der Waals surface area contributed by atoms with Crippen molar-refractivity contribution < 1.29 is 9.59 Å². The summed E-state index contributed by atoms with van der Waals surface area (Å²) >= 11 is 0. The maximum Gasteiger partial charge on any atom is 0.256 e. The molecule has 0 saturated carbocycles. The van der Waals surface area contributed by atoms with E-state index in [1.807, 2.05) is 29.2 Å². The van der Waals surface area contributed by atoms with Crippen molar-refractivity contribution >= 4 is 22.7 Å². The molecule has 4 nitrogen and oxygen atoms in total. The molecule has 1 aliphatic rings. The van der Waals surface area contributed by atoms with Crippen molar-refractivity contribution in [3.8, 4) is 0 Å². The van der Waals surface area contributed by atoms with Gasteiger partial charge >= 0.3 is 0 Å². The Kier molecular flexibility index (Phi) is 3.78. The molecule has 0 N–H and O–H groups in total. The van der Waals surface area contributed by atoms with Gasteiger partial charge in [-0.25, -0.2) is 0 Å². The summed E-state index contributed by atoms with van der Waals surface area (Å²) in [5.74, 6) is -0.0192. The number of hydrogen-bond donors (Lipinski definition) is 0. The van der Waals surface area contributed by atoms with Crippen LogP contribution in [0.15, 0.2) is 30.5 Å². The molecule has 1 aromatic heterocycles. The van der Waals surface area contributed by atoms with Crippen LogP contribution >= 0.6 is 0 Å². The van der Waals surface area contributed by atoms with E-state index in [4.69, 9.17) is 0 Å². The molecule has 0 atom stereocenters. The summed E-state index contributed by atoms with van der Waals surface area (Å²) in [5, 5.41) is 0.863. The SMILES string of the molecule is CC(=O)n1cc(C(=O)N2CCCCCC2)c2ccccc21. The Labute approximate surface area is 124 Å². The summed E-state index contributed by atoms with van der Waals surface area (Å²) in [7, 11) is 0. The quantitative estimate of drug-likeness (QED) is 0.806. The summed E-state index contributed by atoms with van der Waals surface area (Å²) in [6, 6.07) is 7.60. The number of amides is 1. The molecular formula is C17H20N2O2. The Bertz CT molecular complexity index is 679. The van der Waals surface area contributed by atoms with Gasteiger partial charge in [-0.2, -0.15) is 0 Å². The van der Waals surface area contributed by atoms with Crippen molar-refractivity contribution in [1.82, 2.24) is 9.47 Å². The van der Waals surface area contributed by atoms with E-state index in [-0.39, 0.29) is 11.8 Å². The first-order valence-electron chi connectivity index (χ1n) is 7.59. The lowest BCUT2D eigenvalue weighted by Gasteiger charge is -2.19. The van der Waals surface area contributed by atoms with E-state index in [0.29, 0.717) is 5.56 Å². The van der Waals surface area contributed by atoms with Crippen LogP contribution in [0.1, 0.15) is 47.8 Å². The van der Waals surface area contributed by atoms with Gasteiger partial charge in [0.15, 0.2) is 0 Å². The Morgan fingerprint density at radius 1 is 1.00 bits per heavy atom. The summed E-state index contributed by atoms with van der Waals surface area (Å²) < 4.78 is 1.57. The van der Waals surface area contributed by atoms with Crippen LogP contribution in [0.5, 0.6) is 0 Å². The number of hydrogen-bond acceptors (Lipinski definition) is 2. The maximum atomic E-state index is 12.8. The molecule has 0 radical (unpaired) electrons. The predicted molar refractivity (Wildman–Crippen MR) is 82.6 cm³/mol. The smallest absolute Gasteiger partial charge is 0.256 e. The normalized spacial score (nSPS) is 16.0. The van der Waals surface area contributed by atoms with E-state index < -0.39 is 0 Å². The minimum Gasteiger partial charge on any atom is -0.339 e. The number of fused-ring (bicyclic) bond motifs is 1. The fourth-order valence-corrected chi connectivity index (χ4v) is 3.05. The van der Waals surface area contributed by atoms with Crippen molar-refractivity contribution in [1.29, 1.82) is 0 Å². The fraction of sp³-hybridized carbons (Fsp3) is 0.412. The average molecular weight is 284 g/mol. The number of carbonyl (C=O) groups excluding carboxylic acids is 2. The molecule has 1 aliphatic heterocycles. The third-order valence-electron chi connectivity index (χ3n) is 4.17. The molecule has 1 saturated heterocycles. The molecule has 1 aromatic carbocycles. The van der Waals surface area contributed by atoms with Gasteiger partial charge in [0.2, 0.25) is 5.91 Å². The summed E-state index contributed by atoms with van der Waals surface area (Å²) in [6.45, 7) is 3.16. The van der Waals surface area contributed by atoms with Crippen molar-refractivity contribution in [3.05, 3.63) is 36.0 Å². The van der Waals surface area contributed by atoms with Gasteiger partial charge in [0, 0.05) is 31.6 Å². The highest BCUT2D eigenvalue weighted by Crippen LogP contribution is 2.23. The van der Waals surface area contributed by atoms with E-state index >= 15 is 0 Å². The molecular weight excluding hydrogens is 264 g/mol. The molecule has 0 aliphatic carbocycles. The Balaban J connectivity index is 2.03. The van der Waals surface area contributed by atoms with E-state index in [2.05, 4.69) is 0 Å². The molecule has 2 aromatic rings. The first-order valence-corrected chi connectivity index (χ1v) is 7.59. The summed E-state index contributed by atoms with van der Waals surface area (Å²) in [4.78, 5) is 26.5. The van der Waals surface area contributed by atoms with Crippen LogP contribution in [0.2, 0.25) is 0 Å². The minimum atomic E-state index is -0.0684. The highest BCUT2D eigenvalue weighted by atomic mass is 16.2. The van der Waals surface area contributed by atoms with Gasteiger partial charge in [-0.15, -0.1) is 0 Å². The van der Waals surface area contributed by atoms with Gasteiger partial charge in [-0.1, -0.05) is 31.0 Å². The van der Waals surface area contributed by atoms with Crippen LogP contribution in [0, 0.1) is 0 Å². The van der Waals surface area contributed by atoms with Crippen LogP contribution in [0.4, 0.5) is 0 Å². The van der Waals surface area contributed by atoms with Gasteiger partial charge in [0.1, 0.15) is 0 Å². The fourth-order valence-electron chi connectivity index (χ4n) is 3.05. The van der Waals surface area contributed by atoms with E-state index in [0.717, 1.165) is 36.8 Å². The number of benzene rings is 1. The van der Waals surface area contributed by atoms with E-state index in [1.165, 1.54) is 19.8 Å². The Morgan fingerprint density at radius 2 is 1.67 bits per heavy atom. The van der Waals surface area contributed by atoms with Crippen LogP contribution in [-0.4, -0.2) is 34.4 Å². The largest absolute Gasteiger partial charge is 0.339 e. The lowest BCUT2D eigenvalue weighted by molar-refractivity contribution is 0.0763. The first-order chi connectivity index (χ1) is 10.2. The number of nitrogens with zero attached hydrogens (tertiary/aromatic N) is 2. The van der Waals surface area contributed by atoms with Crippen molar-refractivity contribution in [2.75, 3.05) is 13.1 Å². The third kappa shape index (κ3) is 2.58. The van der Waals surface area contributed by atoms with Gasteiger partial charge in [-0.3, -0.25) is 14.2 Å². The van der Waals surface area contributed by atoms with Crippen LogP contribution in [-0.2, 0) is 0 Å². The van der Waals surface area contributed by atoms with Crippen LogP contribution < -0.4 is 0 Å². The molecule has 3 rings (SSSR count). The van der Waals surface area contributed by atoms with Gasteiger partial charge in [-0.05, 0) is 18.9 Å². The molecule has 2 heterocycles. The molecule has 1 amide bonds. The number of carbonyl (C=O) groups is 2. The molecule has 0 bridgehead atoms. The monoisotopic (exact) mass is 284 g/mol. The first kappa shape index (κ1) is 13.9. The second kappa shape index (κ2) is 5.72. The number of aromatic nitrogens is 1. The highest BCUT2D eigenvalue weighted by Gasteiger charge is 2.22. The van der Waals surface area contributed by atoms with Crippen molar-refractivity contribution in [3.63, 3.8) is 0 Å². The molecule has 21 heavy (non-hydrogen) atoms. The number of likely N-dealkylation sites (tertiary alicyclic amines) is 1. The second-order valence-corrected chi connectivity index (χ2v) is 5.66. The average Bonchev–Trinajstić information content (AvgIpc) is 2.67. The second-order valence-electron chi connectivity index (χ2n) is 5.66. The maximum absolute atomic E-state index is 12.8. The van der Waals surface area contributed by atoms with Gasteiger partial charge in [0.25, 0.3) is 5.91 Å².